The summed E-state index contributed by atoms with van der Waals surface area (Å²) in [6.45, 7) is 2.00. The van der Waals surface area contributed by atoms with E-state index in [-0.39, 0.29) is 6.54 Å². The Labute approximate surface area is 86.2 Å². The molecule has 78 valence electrons. The maximum Gasteiger partial charge on any atom is 0.164 e. The van der Waals surface area contributed by atoms with E-state index in [1.54, 1.807) is 36.1 Å². The first-order valence-electron chi connectivity index (χ1n) is 4.59. The minimum absolute atomic E-state index is 0.252. The van der Waals surface area contributed by atoms with Crippen LogP contribution in [0.2, 0.25) is 0 Å². The first-order chi connectivity index (χ1) is 7.18. The molecule has 0 spiro atoms. The van der Waals surface area contributed by atoms with E-state index in [2.05, 4.69) is 5.10 Å². The predicted molar refractivity (Wildman–Crippen MR) is 52.4 cm³/mol. The first kappa shape index (κ1) is 9.83. The van der Waals surface area contributed by atoms with Gasteiger partial charge in [-0.3, -0.25) is 4.68 Å². The fraction of sp³-hybridized carbons (Fsp3) is 0.182. The highest BCUT2D eigenvalue weighted by Gasteiger charge is 2.11. The average Bonchev–Trinajstić information content (AvgIpc) is 2.71. The molecule has 0 bridgehead atoms. The van der Waals surface area contributed by atoms with Crippen LogP contribution in [0.25, 0.3) is 0 Å². The lowest BCUT2D eigenvalue weighted by Gasteiger charge is -2.07. The third kappa shape index (κ3) is 1.88. The van der Waals surface area contributed by atoms with Crippen LogP contribution in [0, 0.1) is 18.6 Å². The molecule has 0 unspecified atom stereocenters. The SMILES string of the molecule is Cc1ccc(F)c(F)c1Cn1cccn1. The smallest absolute Gasteiger partial charge is 0.164 e. The van der Waals surface area contributed by atoms with Crippen molar-refractivity contribution in [3.8, 4) is 0 Å². The molecule has 0 radical (unpaired) electrons. The number of nitrogens with zero attached hydrogens (tertiary/aromatic N) is 2. The summed E-state index contributed by atoms with van der Waals surface area (Å²) in [4.78, 5) is 0. The molecule has 1 aromatic carbocycles. The molecular weight excluding hydrogens is 198 g/mol. The molecule has 0 saturated carbocycles. The van der Waals surface area contributed by atoms with Crippen LogP contribution in [0.15, 0.2) is 30.6 Å². The van der Waals surface area contributed by atoms with Crippen LogP contribution < -0.4 is 0 Å². The number of rotatable bonds is 2. The van der Waals surface area contributed by atoms with Crippen LogP contribution in [0.5, 0.6) is 0 Å². The molecular formula is C11H10F2N2. The highest BCUT2D eigenvalue weighted by molar-refractivity contribution is 5.28. The van der Waals surface area contributed by atoms with Crippen LogP contribution in [-0.2, 0) is 6.54 Å². The average molecular weight is 208 g/mol. The second kappa shape index (κ2) is 3.81. The lowest BCUT2D eigenvalue weighted by molar-refractivity contribution is 0.490. The maximum atomic E-state index is 13.4. The van der Waals surface area contributed by atoms with Crippen molar-refractivity contribution in [1.82, 2.24) is 9.78 Å². The van der Waals surface area contributed by atoms with Gasteiger partial charge >= 0.3 is 0 Å². The normalized spacial score (nSPS) is 10.6. The fourth-order valence-electron chi connectivity index (χ4n) is 1.44. The van der Waals surface area contributed by atoms with Gasteiger partial charge in [-0.25, -0.2) is 8.78 Å². The minimum Gasteiger partial charge on any atom is -0.268 e. The molecule has 0 aliphatic rings. The van der Waals surface area contributed by atoms with Crippen molar-refractivity contribution >= 4 is 0 Å². The molecule has 0 N–H and O–H groups in total. The molecule has 2 aromatic rings. The van der Waals surface area contributed by atoms with Crippen molar-refractivity contribution in [3.63, 3.8) is 0 Å². The van der Waals surface area contributed by atoms with E-state index in [1.165, 1.54) is 0 Å². The zero-order chi connectivity index (χ0) is 10.8. The van der Waals surface area contributed by atoms with Gasteiger partial charge in [-0.15, -0.1) is 0 Å². The maximum absolute atomic E-state index is 13.4. The Morgan fingerprint density at radius 3 is 2.80 bits per heavy atom. The Kier molecular flexibility index (Phi) is 2.49. The molecule has 2 rings (SSSR count). The molecule has 1 aromatic heterocycles. The van der Waals surface area contributed by atoms with Gasteiger partial charge in [0.1, 0.15) is 0 Å². The van der Waals surface area contributed by atoms with Gasteiger partial charge in [0.2, 0.25) is 0 Å². The van der Waals surface area contributed by atoms with Gasteiger partial charge in [0.15, 0.2) is 11.6 Å². The van der Waals surface area contributed by atoms with Crippen molar-refractivity contribution in [3.05, 3.63) is 53.4 Å². The minimum atomic E-state index is -0.817. The van der Waals surface area contributed by atoms with E-state index >= 15 is 0 Å². The van der Waals surface area contributed by atoms with Gasteiger partial charge in [-0.1, -0.05) is 6.07 Å². The summed E-state index contributed by atoms with van der Waals surface area (Å²) in [5, 5.41) is 3.95. The summed E-state index contributed by atoms with van der Waals surface area (Å²) in [5.41, 5.74) is 1.07. The van der Waals surface area contributed by atoms with Crippen LogP contribution in [0.4, 0.5) is 8.78 Å². The zero-order valence-electron chi connectivity index (χ0n) is 8.24. The standard InChI is InChI=1S/C11H10F2N2/c1-8-3-4-10(12)11(13)9(8)7-15-6-2-5-14-15/h2-6H,7H2,1H3. The molecule has 15 heavy (non-hydrogen) atoms. The molecule has 0 fully saturated rings. The second-order valence-electron chi connectivity index (χ2n) is 3.36. The van der Waals surface area contributed by atoms with Gasteiger partial charge in [0.05, 0.1) is 6.54 Å². The highest BCUT2D eigenvalue weighted by atomic mass is 19.2. The molecule has 0 aliphatic carbocycles. The molecule has 0 saturated heterocycles. The van der Waals surface area contributed by atoms with E-state index in [9.17, 15) is 8.78 Å². The van der Waals surface area contributed by atoms with Crippen LogP contribution in [0.3, 0.4) is 0 Å². The summed E-state index contributed by atoms with van der Waals surface area (Å²) in [6, 6.07) is 4.45. The van der Waals surface area contributed by atoms with Gasteiger partial charge in [0, 0.05) is 18.0 Å². The summed E-state index contributed by atoms with van der Waals surface area (Å²) in [6.07, 6.45) is 3.32. The highest BCUT2D eigenvalue weighted by Crippen LogP contribution is 2.17. The van der Waals surface area contributed by atoms with Crippen molar-refractivity contribution in [2.45, 2.75) is 13.5 Å². The molecule has 0 aliphatic heterocycles. The van der Waals surface area contributed by atoms with Gasteiger partial charge in [-0.2, -0.15) is 5.10 Å². The van der Waals surface area contributed by atoms with Crippen molar-refractivity contribution in [2.24, 2.45) is 0 Å². The van der Waals surface area contributed by atoms with Crippen molar-refractivity contribution in [1.29, 1.82) is 0 Å². The monoisotopic (exact) mass is 208 g/mol. The number of benzene rings is 1. The van der Waals surface area contributed by atoms with Gasteiger partial charge in [-0.05, 0) is 24.6 Å². The molecule has 0 atom stereocenters. The fourth-order valence-corrected chi connectivity index (χ4v) is 1.44. The largest absolute Gasteiger partial charge is 0.268 e. The molecule has 1 heterocycles. The summed E-state index contributed by atoms with van der Waals surface area (Å²) in [5.74, 6) is -1.60. The van der Waals surface area contributed by atoms with Crippen molar-refractivity contribution < 1.29 is 8.78 Å². The van der Waals surface area contributed by atoms with E-state index in [0.717, 1.165) is 11.6 Å². The Morgan fingerprint density at radius 2 is 2.13 bits per heavy atom. The second-order valence-corrected chi connectivity index (χ2v) is 3.36. The van der Waals surface area contributed by atoms with Crippen LogP contribution in [-0.4, -0.2) is 9.78 Å². The Hall–Kier alpha value is -1.71. The Bertz CT molecular complexity index is 464. The number of halogens is 2. The summed E-state index contributed by atoms with van der Waals surface area (Å²) in [7, 11) is 0. The summed E-state index contributed by atoms with van der Waals surface area (Å²) >= 11 is 0. The first-order valence-corrected chi connectivity index (χ1v) is 4.59. The van der Waals surface area contributed by atoms with Gasteiger partial charge in [0.25, 0.3) is 0 Å². The van der Waals surface area contributed by atoms with Crippen LogP contribution in [0.1, 0.15) is 11.1 Å². The van der Waals surface area contributed by atoms with Crippen LogP contribution >= 0.6 is 0 Å². The quantitative estimate of drug-likeness (QED) is 0.741. The van der Waals surface area contributed by atoms with E-state index < -0.39 is 11.6 Å². The van der Waals surface area contributed by atoms with Gasteiger partial charge < -0.3 is 0 Å². The third-order valence-electron chi connectivity index (χ3n) is 2.31. The van der Waals surface area contributed by atoms with Crippen molar-refractivity contribution in [2.75, 3.05) is 0 Å². The Morgan fingerprint density at radius 1 is 1.33 bits per heavy atom. The number of aromatic nitrogens is 2. The number of hydrogen-bond acceptors (Lipinski definition) is 1. The Balaban J connectivity index is 2.39. The van der Waals surface area contributed by atoms with E-state index in [4.69, 9.17) is 0 Å². The van der Waals surface area contributed by atoms with E-state index in [1.807, 2.05) is 0 Å². The molecule has 0 amide bonds. The molecule has 4 heteroatoms. The van der Waals surface area contributed by atoms with E-state index in [0.29, 0.717) is 5.56 Å². The zero-order valence-corrected chi connectivity index (χ0v) is 8.24. The lowest BCUT2D eigenvalue weighted by Crippen LogP contribution is -2.05. The summed E-state index contributed by atoms with van der Waals surface area (Å²) < 4.78 is 28.0. The predicted octanol–water partition coefficient (Wildman–Crippen LogP) is 2.52. The number of hydrogen-bond donors (Lipinski definition) is 0. The number of aryl methyl sites for hydroxylation is 1. The lowest BCUT2D eigenvalue weighted by atomic mass is 10.1. The third-order valence-corrected chi connectivity index (χ3v) is 2.31. The molecule has 2 nitrogen and oxygen atoms in total. The topological polar surface area (TPSA) is 17.8 Å².